The van der Waals surface area contributed by atoms with E-state index in [9.17, 15) is 19.2 Å². The van der Waals surface area contributed by atoms with Crippen LogP contribution in [0.2, 0.25) is 0 Å². The van der Waals surface area contributed by atoms with Crippen LogP contribution in [0.1, 0.15) is 12.8 Å². The van der Waals surface area contributed by atoms with Crippen LogP contribution < -0.4 is 42.5 Å². The van der Waals surface area contributed by atoms with E-state index in [0.29, 0.717) is 78.5 Å². The Balaban J connectivity index is 2.27. The van der Waals surface area contributed by atoms with Crippen LogP contribution in [-0.2, 0) is 19.2 Å². The number of carbonyl (C=O) groups excluding carboxylic acids is 4. The lowest BCUT2D eigenvalue weighted by atomic mass is 10.3. The zero-order chi connectivity index (χ0) is 21.9. The molecule has 172 valence electrons. The lowest BCUT2D eigenvalue weighted by molar-refractivity contribution is -0.130. The molecule has 0 saturated carbocycles. The standard InChI is InChI=1S/C18H36N8O4/c27-15-13-17(29)25-11-7-21-3-4-22-8-12-26-18(30)14-16(28)24-10-6-20-2-1-19-5-9-23-15/h19-22H,1-14H2,(H,23,27)(H,24,28)(H,25,29)(H,26,30). The molecule has 1 aliphatic heterocycles. The maximum absolute atomic E-state index is 11.7. The van der Waals surface area contributed by atoms with Gasteiger partial charge < -0.3 is 42.5 Å². The third kappa shape index (κ3) is 15.6. The molecule has 12 heteroatoms. The van der Waals surface area contributed by atoms with Crippen LogP contribution in [0.4, 0.5) is 0 Å². The summed E-state index contributed by atoms with van der Waals surface area (Å²) in [6.07, 6.45) is -0.360. The molecule has 0 aromatic heterocycles. The molecule has 30 heavy (non-hydrogen) atoms. The van der Waals surface area contributed by atoms with E-state index in [1.54, 1.807) is 0 Å². The minimum Gasteiger partial charge on any atom is -0.354 e. The van der Waals surface area contributed by atoms with Gasteiger partial charge in [-0.25, -0.2) is 0 Å². The monoisotopic (exact) mass is 428 g/mol. The van der Waals surface area contributed by atoms with Crippen molar-refractivity contribution in [1.82, 2.24) is 42.5 Å². The molecule has 0 aromatic carbocycles. The van der Waals surface area contributed by atoms with E-state index >= 15 is 0 Å². The highest BCUT2D eigenvalue weighted by molar-refractivity contribution is 5.97. The van der Waals surface area contributed by atoms with E-state index in [1.165, 1.54) is 0 Å². The minimum atomic E-state index is -0.297. The van der Waals surface area contributed by atoms with Gasteiger partial charge in [-0.05, 0) is 0 Å². The largest absolute Gasteiger partial charge is 0.354 e. The van der Waals surface area contributed by atoms with Gasteiger partial charge in [0.1, 0.15) is 12.8 Å². The lowest BCUT2D eigenvalue weighted by Crippen LogP contribution is -2.40. The Morgan fingerprint density at radius 1 is 0.333 bits per heavy atom. The first-order valence-electron chi connectivity index (χ1n) is 10.5. The summed E-state index contributed by atoms with van der Waals surface area (Å²) in [6, 6.07) is 0. The summed E-state index contributed by atoms with van der Waals surface area (Å²) in [7, 11) is 0. The maximum atomic E-state index is 11.7. The molecule has 4 amide bonds. The Morgan fingerprint density at radius 2 is 0.533 bits per heavy atom. The summed E-state index contributed by atoms with van der Waals surface area (Å²) in [6.45, 7) is 6.97. The number of rotatable bonds is 0. The average Bonchev–Trinajstić information content (AvgIpc) is 2.70. The SMILES string of the molecule is O=C1CC(=O)NCCNCCNCCNC(=O)CC(=O)NCCNCCNCCN1. The predicted octanol–water partition coefficient (Wildman–Crippen LogP) is -4.40. The molecule has 1 fully saturated rings. The van der Waals surface area contributed by atoms with Gasteiger partial charge in [0, 0.05) is 78.5 Å². The zero-order valence-electron chi connectivity index (χ0n) is 17.5. The second-order valence-corrected chi connectivity index (χ2v) is 6.75. The highest BCUT2D eigenvalue weighted by Crippen LogP contribution is 1.81. The molecule has 1 rings (SSSR count). The summed E-state index contributed by atoms with van der Waals surface area (Å²) in [4.78, 5) is 46.8. The molecule has 0 radical (unpaired) electrons. The smallest absolute Gasteiger partial charge is 0.229 e. The normalized spacial score (nSPS) is 21.6. The number of carbonyl (C=O) groups is 4. The van der Waals surface area contributed by atoms with Crippen LogP contribution in [0.3, 0.4) is 0 Å². The number of hydrogen-bond donors (Lipinski definition) is 8. The Kier molecular flexibility index (Phi) is 15.1. The Morgan fingerprint density at radius 3 is 0.767 bits per heavy atom. The van der Waals surface area contributed by atoms with E-state index in [2.05, 4.69) is 42.5 Å². The first-order valence-corrected chi connectivity index (χ1v) is 10.5. The van der Waals surface area contributed by atoms with Crippen molar-refractivity contribution < 1.29 is 19.2 Å². The van der Waals surface area contributed by atoms with Crippen molar-refractivity contribution in [1.29, 1.82) is 0 Å². The van der Waals surface area contributed by atoms with Gasteiger partial charge in [-0.2, -0.15) is 0 Å². The minimum absolute atomic E-state index is 0.180. The molecule has 1 saturated heterocycles. The first kappa shape index (κ1) is 25.8. The van der Waals surface area contributed by atoms with Gasteiger partial charge in [0.25, 0.3) is 0 Å². The van der Waals surface area contributed by atoms with E-state index < -0.39 is 0 Å². The molecule has 1 aliphatic rings. The van der Waals surface area contributed by atoms with Gasteiger partial charge in [-0.15, -0.1) is 0 Å². The van der Waals surface area contributed by atoms with Crippen LogP contribution in [0, 0.1) is 0 Å². The quantitative estimate of drug-likeness (QED) is 0.179. The molecule has 0 aliphatic carbocycles. The van der Waals surface area contributed by atoms with Crippen molar-refractivity contribution in [3.8, 4) is 0 Å². The Bertz CT molecular complexity index is 442. The highest BCUT2D eigenvalue weighted by atomic mass is 16.2. The molecule has 0 spiro atoms. The Hall–Kier alpha value is -2.28. The van der Waals surface area contributed by atoms with Crippen LogP contribution >= 0.6 is 0 Å². The van der Waals surface area contributed by atoms with Crippen molar-refractivity contribution in [2.45, 2.75) is 12.8 Å². The van der Waals surface area contributed by atoms with Crippen molar-refractivity contribution in [3.63, 3.8) is 0 Å². The second kappa shape index (κ2) is 17.6. The van der Waals surface area contributed by atoms with Crippen LogP contribution in [0.15, 0.2) is 0 Å². The van der Waals surface area contributed by atoms with Crippen molar-refractivity contribution >= 4 is 23.6 Å². The van der Waals surface area contributed by atoms with Gasteiger partial charge >= 0.3 is 0 Å². The van der Waals surface area contributed by atoms with E-state index in [-0.39, 0.29) is 36.5 Å². The van der Waals surface area contributed by atoms with Crippen molar-refractivity contribution in [3.05, 3.63) is 0 Å². The maximum Gasteiger partial charge on any atom is 0.229 e. The molecule has 0 bridgehead atoms. The first-order chi connectivity index (χ1) is 14.6. The second-order valence-electron chi connectivity index (χ2n) is 6.75. The Labute approximate surface area is 177 Å². The van der Waals surface area contributed by atoms with E-state index in [0.717, 1.165) is 0 Å². The number of nitrogens with one attached hydrogen (secondary N) is 8. The molecule has 0 aromatic rings. The molecular formula is C18H36N8O4. The molecule has 0 atom stereocenters. The number of amides is 4. The molecule has 0 unspecified atom stereocenters. The van der Waals surface area contributed by atoms with Gasteiger partial charge in [0.05, 0.1) is 0 Å². The average molecular weight is 429 g/mol. The van der Waals surface area contributed by atoms with Crippen molar-refractivity contribution in [2.24, 2.45) is 0 Å². The zero-order valence-corrected chi connectivity index (χ0v) is 17.5. The van der Waals surface area contributed by atoms with Gasteiger partial charge in [-0.3, -0.25) is 19.2 Å². The molecule has 8 N–H and O–H groups in total. The van der Waals surface area contributed by atoms with E-state index in [1.807, 2.05) is 0 Å². The van der Waals surface area contributed by atoms with Crippen LogP contribution in [0.25, 0.3) is 0 Å². The summed E-state index contributed by atoms with van der Waals surface area (Å²) in [5.41, 5.74) is 0. The lowest BCUT2D eigenvalue weighted by Gasteiger charge is -2.10. The van der Waals surface area contributed by atoms with Gasteiger partial charge in [0.2, 0.25) is 23.6 Å². The summed E-state index contributed by atoms with van der Waals surface area (Å²) in [5, 5.41) is 23.4. The summed E-state index contributed by atoms with van der Waals surface area (Å²) >= 11 is 0. The highest BCUT2D eigenvalue weighted by Gasteiger charge is 2.09. The van der Waals surface area contributed by atoms with Gasteiger partial charge in [0.15, 0.2) is 0 Å². The third-order valence-electron chi connectivity index (χ3n) is 4.10. The van der Waals surface area contributed by atoms with Crippen LogP contribution in [0.5, 0.6) is 0 Å². The number of hydrogen-bond acceptors (Lipinski definition) is 8. The fourth-order valence-corrected chi connectivity index (χ4v) is 2.56. The molecular weight excluding hydrogens is 392 g/mol. The van der Waals surface area contributed by atoms with Gasteiger partial charge in [-0.1, -0.05) is 0 Å². The summed E-state index contributed by atoms with van der Waals surface area (Å²) in [5.74, 6) is -1.19. The topological polar surface area (TPSA) is 165 Å². The third-order valence-corrected chi connectivity index (χ3v) is 4.10. The predicted molar refractivity (Wildman–Crippen MR) is 113 cm³/mol. The molecule has 1 heterocycles. The summed E-state index contributed by atoms with van der Waals surface area (Å²) < 4.78 is 0. The fraction of sp³-hybridized carbons (Fsp3) is 0.778. The van der Waals surface area contributed by atoms with Crippen molar-refractivity contribution in [2.75, 3.05) is 78.5 Å². The molecule has 12 nitrogen and oxygen atoms in total. The fourth-order valence-electron chi connectivity index (χ4n) is 2.56. The van der Waals surface area contributed by atoms with E-state index in [4.69, 9.17) is 0 Å². The van der Waals surface area contributed by atoms with Crippen LogP contribution in [-0.4, -0.2) is 102 Å².